The summed E-state index contributed by atoms with van der Waals surface area (Å²) in [5, 5.41) is 0. The number of likely N-dealkylation sites (tertiary alicyclic amines) is 1. The van der Waals surface area contributed by atoms with Crippen LogP contribution < -0.4 is 4.74 Å². The molecule has 0 radical (unpaired) electrons. The van der Waals surface area contributed by atoms with Crippen molar-refractivity contribution in [2.45, 2.75) is 25.7 Å². The first-order chi connectivity index (χ1) is 13.4. The van der Waals surface area contributed by atoms with Gasteiger partial charge in [0.2, 0.25) is 5.91 Å². The maximum absolute atomic E-state index is 12.4. The van der Waals surface area contributed by atoms with E-state index in [1.807, 2.05) is 4.90 Å². The molecule has 1 aromatic carbocycles. The fourth-order valence-electron chi connectivity index (χ4n) is 3.26. The highest BCUT2D eigenvalue weighted by Gasteiger charge is 2.31. The van der Waals surface area contributed by atoms with Gasteiger partial charge < -0.3 is 14.2 Å². The molecule has 6 nitrogen and oxygen atoms in total. The Labute approximate surface area is 158 Å². The first-order valence-corrected chi connectivity index (χ1v) is 8.85. The molecule has 1 aliphatic heterocycles. The van der Waals surface area contributed by atoms with Gasteiger partial charge in [-0.2, -0.15) is 0 Å². The SMILES string of the molecule is O=C(Cn1cnc2ccc(-c3ccc(OC(F)(F)F)cc3)nc21)N1CCCC1. The fraction of sp³-hybridized carbons (Fsp3) is 0.316. The van der Waals surface area contributed by atoms with Crippen LogP contribution in [-0.2, 0) is 11.3 Å². The van der Waals surface area contributed by atoms with E-state index in [-0.39, 0.29) is 18.2 Å². The minimum atomic E-state index is -4.73. The highest BCUT2D eigenvalue weighted by atomic mass is 19.4. The molecule has 28 heavy (non-hydrogen) atoms. The first kappa shape index (κ1) is 18.3. The Hall–Kier alpha value is -3.10. The van der Waals surface area contributed by atoms with Crippen molar-refractivity contribution in [1.82, 2.24) is 19.4 Å². The van der Waals surface area contributed by atoms with Gasteiger partial charge in [0.05, 0.1) is 12.0 Å². The largest absolute Gasteiger partial charge is 0.573 e. The van der Waals surface area contributed by atoms with Crippen LogP contribution in [0.4, 0.5) is 13.2 Å². The summed E-state index contributed by atoms with van der Waals surface area (Å²) in [6.45, 7) is 1.71. The number of imidazole rings is 1. The highest BCUT2D eigenvalue weighted by molar-refractivity contribution is 5.80. The number of carbonyl (C=O) groups is 1. The number of rotatable bonds is 4. The normalized spacial score (nSPS) is 14.6. The Bertz CT molecular complexity index is 993. The molecule has 3 aromatic rings. The average molecular weight is 390 g/mol. The van der Waals surface area contributed by atoms with Crippen LogP contribution in [0.5, 0.6) is 5.75 Å². The number of amides is 1. The summed E-state index contributed by atoms with van der Waals surface area (Å²) in [7, 11) is 0. The van der Waals surface area contributed by atoms with E-state index < -0.39 is 6.36 Å². The highest BCUT2D eigenvalue weighted by Crippen LogP contribution is 2.26. The summed E-state index contributed by atoms with van der Waals surface area (Å²) in [6, 6.07) is 9.00. The van der Waals surface area contributed by atoms with E-state index in [0.29, 0.717) is 22.4 Å². The van der Waals surface area contributed by atoms with E-state index in [9.17, 15) is 18.0 Å². The number of fused-ring (bicyclic) bond motifs is 1. The molecule has 146 valence electrons. The van der Waals surface area contributed by atoms with E-state index >= 15 is 0 Å². The van der Waals surface area contributed by atoms with Crippen molar-refractivity contribution in [2.75, 3.05) is 13.1 Å². The van der Waals surface area contributed by atoms with Gasteiger partial charge in [0, 0.05) is 18.7 Å². The molecule has 1 amide bonds. The van der Waals surface area contributed by atoms with Gasteiger partial charge in [0.25, 0.3) is 0 Å². The second kappa shape index (κ2) is 7.14. The molecule has 1 aliphatic rings. The topological polar surface area (TPSA) is 60.3 Å². The van der Waals surface area contributed by atoms with Gasteiger partial charge in [-0.15, -0.1) is 13.2 Å². The van der Waals surface area contributed by atoms with Crippen LogP contribution in [0.2, 0.25) is 0 Å². The fourth-order valence-corrected chi connectivity index (χ4v) is 3.26. The third-order valence-corrected chi connectivity index (χ3v) is 4.61. The van der Waals surface area contributed by atoms with Crippen LogP contribution in [-0.4, -0.2) is 44.8 Å². The number of halogens is 3. The van der Waals surface area contributed by atoms with E-state index in [1.54, 1.807) is 23.0 Å². The lowest BCUT2D eigenvalue weighted by Gasteiger charge is -2.15. The van der Waals surface area contributed by atoms with Gasteiger partial charge in [0.15, 0.2) is 5.65 Å². The number of benzene rings is 1. The number of carbonyl (C=O) groups excluding carboxylic acids is 1. The molecular formula is C19H17F3N4O2. The number of nitrogens with zero attached hydrogens (tertiary/aromatic N) is 4. The van der Waals surface area contributed by atoms with Crippen LogP contribution in [0.3, 0.4) is 0 Å². The zero-order chi connectivity index (χ0) is 19.7. The Balaban J connectivity index is 1.57. The molecule has 1 fully saturated rings. The predicted molar refractivity (Wildman–Crippen MR) is 95.5 cm³/mol. The Morgan fingerprint density at radius 1 is 1.07 bits per heavy atom. The van der Waals surface area contributed by atoms with Crippen molar-refractivity contribution in [1.29, 1.82) is 0 Å². The lowest BCUT2D eigenvalue weighted by Crippen LogP contribution is -2.30. The molecule has 0 unspecified atom stereocenters. The monoisotopic (exact) mass is 390 g/mol. The number of hydrogen-bond donors (Lipinski definition) is 0. The van der Waals surface area contributed by atoms with Crippen molar-refractivity contribution >= 4 is 17.1 Å². The van der Waals surface area contributed by atoms with Gasteiger partial charge in [-0.3, -0.25) is 4.79 Å². The molecule has 0 atom stereocenters. The molecule has 0 spiro atoms. The summed E-state index contributed by atoms with van der Waals surface area (Å²) in [5.41, 5.74) is 2.41. The van der Waals surface area contributed by atoms with Crippen LogP contribution in [0.15, 0.2) is 42.7 Å². The van der Waals surface area contributed by atoms with Gasteiger partial charge in [-0.25, -0.2) is 9.97 Å². The summed E-state index contributed by atoms with van der Waals surface area (Å²) in [6.07, 6.45) is -1.11. The van der Waals surface area contributed by atoms with E-state index in [1.165, 1.54) is 24.3 Å². The van der Waals surface area contributed by atoms with Gasteiger partial charge >= 0.3 is 6.36 Å². The van der Waals surface area contributed by atoms with Crippen molar-refractivity contribution in [2.24, 2.45) is 0 Å². The molecule has 2 aromatic heterocycles. The molecule has 0 bridgehead atoms. The second-order valence-corrected chi connectivity index (χ2v) is 6.57. The lowest BCUT2D eigenvalue weighted by molar-refractivity contribution is -0.274. The molecule has 4 rings (SSSR count). The maximum atomic E-state index is 12.4. The number of hydrogen-bond acceptors (Lipinski definition) is 4. The maximum Gasteiger partial charge on any atom is 0.573 e. The summed E-state index contributed by atoms with van der Waals surface area (Å²) in [5.74, 6) is -0.267. The van der Waals surface area contributed by atoms with Gasteiger partial charge in [-0.1, -0.05) is 0 Å². The molecule has 0 N–H and O–H groups in total. The van der Waals surface area contributed by atoms with E-state index in [4.69, 9.17) is 0 Å². The minimum Gasteiger partial charge on any atom is -0.406 e. The zero-order valence-corrected chi connectivity index (χ0v) is 14.8. The Kier molecular flexibility index (Phi) is 4.66. The number of alkyl halides is 3. The van der Waals surface area contributed by atoms with Crippen molar-refractivity contribution in [3.05, 3.63) is 42.7 Å². The second-order valence-electron chi connectivity index (χ2n) is 6.57. The van der Waals surface area contributed by atoms with Crippen LogP contribution >= 0.6 is 0 Å². The van der Waals surface area contributed by atoms with Crippen LogP contribution in [0, 0.1) is 0 Å². The average Bonchev–Trinajstić information content (AvgIpc) is 3.31. The standard InChI is InChI=1S/C19H17F3N4O2/c20-19(21,22)28-14-5-3-13(4-6-14)15-7-8-16-18(24-15)26(12-23-16)11-17(27)25-9-1-2-10-25/h3-8,12H,1-2,9-11H2. The molecule has 1 saturated heterocycles. The lowest BCUT2D eigenvalue weighted by atomic mass is 10.1. The van der Waals surface area contributed by atoms with Crippen molar-refractivity contribution in [3.8, 4) is 17.0 Å². The summed E-state index contributed by atoms with van der Waals surface area (Å²) < 4.78 is 42.4. The molecule has 9 heteroatoms. The Morgan fingerprint density at radius 3 is 2.46 bits per heavy atom. The number of ether oxygens (including phenoxy) is 1. The number of aromatic nitrogens is 3. The zero-order valence-electron chi connectivity index (χ0n) is 14.8. The quantitative estimate of drug-likeness (QED) is 0.683. The molecular weight excluding hydrogens is 373 g/mol. The smallest absolute Gasteiger partial charge is 0.406 e. The van der Waals surface area contributed by atoms with E-state index in [0.717, 1.165) is 25.9 Å². The molecule has 0 aliphatic carbocycles. The third kappa shape index (κ3) is 3.92. The van der Waals surface area contributed by atoms with Crippen molar-refractivity contribution in [3.63, 3.8) is 0 Å². The number of pyridine rings is 1. The van der Waals surface area contributed by atoms with Crippen LogP contribution in [0.1, 0.15) is 12.8 Å². The molecule has 0 saturated carbocycles. The minimum absolute atomic E-state index is 0.0256. The van der Waals surface area contributed by atoms with Gasteiger partial charge in [0.1, 0.15) is 17.8 Å². The third-order valence-electron chi connectivity index (χ3n) is 4.61. The van der Waals surface area contributed by atoms with Crippen molar-refractivity contribution < 1.29 is 22.7 Å². The van der Waals surface area contributed by atoms with Crippen LogP contribution in [0.25, 0.3) is 22.4 Å². The van der Waals surface area contributed by atoms with Gasteiger partial charge in [-0.05, 0) is 49.2 Å². The first-order valence-electron chi connectivity index (χ1n) is 8.85. The predicted octanol–water partition coefficient (Wildman–Crippen LogP) is 3.62. The Morgan fingerprint density at radius 2 is 1.79 bits per heavy atom. The van der Waals surface area contributed by atoms with E-state index in [2.05, 4.69) is 14.7 Å². The molecule has 3 heterocycles. The summed E-state index contributed by atoms with van der Waals surface area (Å²) in [4.78, 5) is 23.1. The summed E-state index contributed by atoms with van der Waals surface area (Å²) >= 11 is 0.